The Labute approximate surface area is 142 Å². The van der Waals surface area contributed by atoms with Crippen molar-refractivity contribution in [1.29, 1.82) is 0 Å². The fraction of sp³-hybridized carbons (Fsp3) is 0.722. The van der Waals surface area contributed by atoms with E-state index in [1.807, 2.05) is 0 Å². The Morgan fingerprint density at radius 3 is 2.87 bits per heavy atom. The summed E-state index contributed by atoms with van der Waals surface area (Å²) in [6.07, 6.45) is 3.06. The molecule has 3 N–H and O–H groups in total. The first kappa shape index (κ1) is 16.9. The number of thiophene rings is 1. The van der Waals surface area contributed by atoms with Crippen LogP contribution in [0.1, 0.15) is 47.3 Å². The van der Waals surface area contributed by atoms with E-state index in [0.29, 0.717) is 24.4 Å². The molecule has 1 amide bonds. The number of carbonyl (C=O) groups is 1. The molecule has 3 rings (SSSR count). The lowest BCUT2D eigenvalue weighted by atomic mass is 9.72. The zero-order chi connectivity index (χ0) is 16.6. The number of aliphatic hydroxyl groups is 1. The second kappa shape index (κ2) is 6.54. The minimum absolute atomic E-state index is 0.0100. The normalized spacial score (nSPS) is 27.7. The highest BCUT2D eigenvalue weighted by Gasteiger charge is 2.31. The van der Waals surface area contributed by atoms with Crippen LogP contribution in [0.3, 0.4) is 0 Å². The van der Waals surface area contributed by atoms with Crippen LogP contribution in [0.5, 0.6) is 0 Å². The highest BCUT2D eigenvalue weighted by atomic mass is 32.1. The van der Waals surface area contributed by atoms with E-state index in [4.69, 9.17) is 0 Å². The number of hydrogen-bond acceptors (Lipinski definition) is 4. The molecule has 1 aromatic heterocycles. The predicted octanol–water partition coefficient (Wildman–Crippen LogP) is 2.21. The predicted molar refractivity (Wildman–Crippen MR) is 94.0 cm³/mol. The molecule has 23 heavy (non-hydrogen) atoms. The monoisotopic (exact) mass is 336 g/mol. The van der Waals surface area contributed by atoms with Crippen molar-refractivity contribution in [3.8, 4) is 0 Å². The van der Waals surface area contributed by atoms with Crippen LogP contribution in [-0.2, 0) is 12.8 Å². The number of β-amino-alcohol motifs (C(OH)–C–C–N with tert-alkyl or cyclic N) is 1. The summed E-state index contributed by atoms with van der Waals surface area (Å²) < 4.78 is 0. The van der Waals surface area contributed by atoms with Gasteiger partial charge in [-0.15, -0.1) is 11.3 Å². The van der Waals surface area contributed by atoms with E-state index in [1.54, 1.807) is 11.3 Å². The van der Waals surface area contributed by atoms with Gasteiger partial charge in [-0.05, 0) is 42.2 Å². The molecule has 0 radical (unpaired) electrons. The van der Waals surface area contributed by atoms with Crippen LogP contribution in [-0.4, -0.2) is 36.8 Å². The van der Waals surface area contributed by atoms with Crippen LogP contribution in [0.4, 0.5) is 0 Å². The number of hydrogen-bond donors (Lipinski definition) is 3. The molecule has 1 aliphatic heterocycles. The maximum Gasteiger partial charge on any atom is 0.261 e. The van der Waals surface area contributed by atoms with Crippen LogP contribution in [0.2, 0.25) is 0 Å². The van der Waals surface area contributed by atoms with E-state index >= 15 is 0 Å². The first-order valence-corrected chi connectivity index (χ1v) is 9.45. The fourth-order valence-corrected chi connectivity index (χ4v) is 4.74. The summed E-state index contributed by atoms with van der Waals surface area (Å²) in [5, 5.41) is 15.9. The molecule has 5 heteroatoms. The van der Waals surface area contributed by atoms with Crippen molar-refractivity contribution < 1.29 is 9.90 Å². The standard InChI is InChI=1S/C18H28N2O2S/c1-18(2,3)13-4-5-15-11(6-13)7-16(23-15)17(22)20-9-12-8-19-10-14(12)21/h7,12-14,19,21H,4-6,8-10H2,1-3H3,(H,20,22). The van der Waals surface area contributed by atoms with Gasteiger partial charge in [0.15, 0.2) is 0 Å². The maximum atomic E-state index is 12.4. The molecule has 0 aromatic carbocycles. The zero-order valence-electron chi connectivity index (χ0n) is 14.3. The lowest BCUT2D eigenvalue weighted by Crippen LogP contribution is -2.34. The van der Waals surface area contributed by atoms with Crippen LogP contribution < -0.4 is 10.6 Å². The second-order valence-electron chi connectivity index (χ2n) is 8.06. The SMILES string of the molecule is CC(C)(C)C1CCc2sc(C(=O)NCC3CNCC3O)cc2C1. The molecule has 2 heterocycles. The molecule has 2 aliphatic rings. The fourth-order valence-electron chi connectivity index (χ4n) is 3.61. The van der Waals surface area contributed by atoms with Gasteiger partial charge in [0.05, 0.1) is 11.0 Å². The Morgan fingerprint density at radius 1 is 1.43 bits per heavy atom. The van der Waals surface area contributed by atoms with Crippen LogP contribution >= 0.6 is 11.3 Å². The van der Waals surface area contributed by atoms with E-state index in [-0.39, 0.29) is 17.9 Å². The molecule has 1 saturated heterocycles. The third kappa shape index (κ3) is 3.78. The highest BCUT2D eigenvalue weighted by molar-refractivity contribution is 7.14. The first-order valence-electron chi connectivity index (χ1n) is 8.63. The minimum Gasteiger partial charge on any atom is -0.391 e. The highest BCUT2D eigenvalue weighted by Crippen LogP contribution is 2.40. The Balaban J connectivity index is 1.61. The Morgan fingerprint density at radius 2 is 2.22 bits per heavy atom. The summed E-state index contributed by atoms with van der Waals surface area (Å²) in [7, 11) is 0. The molecule has 3 unspecified atom stereocenters. The average Bonchev–Trinajstić information content (AvgIpc) is 3.09. The van der Waals surface area contributed by atoms with Crippen molar-refractivity contribution in [2.24, 2.45) is 17.3 Å². The van der Waals surface area contributed by atoms with Gasteiger partial charge in [-0.1, -0.05) is 20.8 Å². The number of fused-ring (bicyclic) bond motifs is 1. The molecule has 0 bridgehead atoms. The van der Waals surface area contributed by atoms with Crippen LogP contribution in [0.25, 0.3) is 0 Å². The van der Waals surface area contributed by atoms with Crippen molar-refractivity contribution in [2.75, 3.05) is 19.6 Å². The smallest absolute Gasteiger partial charge is 0.261 e. The molecular formula is C18H28N2O2S. The van der Waals surface area contributed by atoms with Crippen molar-refractivity contribution in [3.05, 3.63) is 21.4 Å². The number of rotatable bonds is 3. The minimum atomic E-state index is -0.348. The molecule has 0 saturated carbocycles. The third-order valence-corrected chi connectivity index (χ3v) is 6.60. The van der Waals surface area contributed by atoms with Gasteiger partial charge in [-0.2, -0.15) is 0 Å². The van der Waals surface area contributed by atoms with Crippen molar-refractivity contribution in [2.45, 2.75) is 46.1 Å². The number of aryl methyl sites for hydroxylation is 1. The molecular weight excluding hydrogens is 308 g/mol. The van der Waals surface area contributed by atoms with Crippen LogP contribution in [0, 0.1) is 17.3 Å². The molecule has 1 aromatic rings. The van der Waals surface area contributed by atoms with E-state index in [9.17, 15) is 9.90 Å². The molecule has 1 fully saturated rings. The summed E-state index contributed by atoms with van der Waals surface area (Å²) in [5.41, 5.74) is 1.70. The summed E-state index contributed by atoms with van der Waals surface area (Å²) in [5.74, 6) is 0.829. The quantitative estimate of drug-likeness (QED) is 0.793. The Bertz CT molecular complexity index is 576. The van der Waals surface area contributed by atoms with Gasteiger partial charge in [0.25, 0.3) is 5.91 Å². The average molecular weight is 337 g/mol. The number of carbonyl (C=O) groups excluding carboxylic acids is 1. The van der Waals surface area contributed by atoms with E-state index in [0.717, 1.165) is 24.3 Å². The molecule has 4 nitrogen and oxygen atoms in total. The summed E-state index contributed by atoms with van der Waals surface area (Å²) in [6, 6.07) is 2.09. The number of aliphatic hydroxyl groups excluding tert-OH is 1. The van der Waals surface area contributed by atoms with Crippen LogP contribution in [0.15, 0.2) is 6.07 Å². The Hall–Kier alpha value is -0.910. The van der Waals surface area contributed by atoms with Crippen molar-refractivity contribution in [3.63, 3.8) is 0 Å². The topological polar surface area (TPSA) is 61.4 Å². The zero-order valence-corrected chi connectivity index (χ0v) is 15.1. The van der Waals surface area contributed by atoms with E-state index in [1.165, 1.54) is 16.9 Å². The molecule has 3 atom stereocenters. The van der Waals surface area contributed by atoms with Gasteiger partial charge in [0.1, 0.15) is 0 Å². The van der Waals surface area contributed by atoms with Crippen molar-refractivity contribution >= 4 is 17.2 Å². The maximum absolute atomic E-state index is 12.4. The van der Waals surface area contributed by atoms with Crippen molar-refractivity contribution in [1.82, 2.24) is 10.6 Å². The summed E-state index contributed by atoms with van der Waals surface area (Å²) in [4.78, 5) is 14.6. The van der Waals surface area contributed by atoms with Gasteiger partial charge in [0, 0.05) is 30.4 Å². The summed E-state index contributed by atoms with van der Waals surface area (Å²) in [6.45, 7) is 8.87. The van der Waals surface area contributed by atoms with Gasteiger partial charge < -0.3 is 15.7 Å². The van der Waals surface area contributed by atoms with E-state index in [2.05, 4.69) is 37.5 Å². The van der Waals surface area contributed by atoms with Gasteiger partial charge in [0.2, 0.25) is 0 Å². The van der Waals surface area contributed by atoms with Gasteiger partial charge in [-0.25, -0.2) is 0 Å². The summed E-state index contributed by atoms with van der Waals surface area (Å²) >= 11 is 1.65. The lowest BCUT2D eigenvalue weighted by molar-refractivity contribution is 0.0931. The molecule has 128 valence electrons. The second-order valence-corrected chi connectivity index (χ2v) is 9.20. The first-order chi connectivity index (χ1) is 10.8. The van der Waals surface area contributed by atoms with Gasteiger partial charge in [-0.3, -0.25) is 4.79 Å². The number of amides is 1. The molecule has 0 spiro atoms. The lowest BCUT2D eigenvalue weighted by Gasteiger charge is -2.33. The number of nitrogens with one attached hydrogen (secondary N) is 2. The van der Waals surface area contributed by atoms with Gasteiger partial charge >= 0.3 is 0 Å². The Kier molecular flexibility index (Phi) is 4.81. The van der Waals surface area contributed by atoms with E-state index < -0.39 is 0 Å². The molecule has 1 aliphatic carbocycles. The third-order valence-electron chi connectivity index (χ3n) is 5.36. The largest absolute Gasteiger partial charge is 0.391 e.